The summed E-state index contributed by atoms with van der Waals surface area (Å²) < 4.78 is 5.42. The van der Waals surface area contributed by atoms with E-state index in [0.717, 1.165) is 17.5 Å². The van der Waals surface area contributed by atoms with Gasteiger partial charge in [0.2, 0.25) is 0 Å². The van der Waals surface area contributed by atoms with Crippen molar-refractivity contribution < 1.29 is 9.53 Å². The van der Waals surface area contributed by atoms with Crippen LogP contribution in [0, 0.1) is 0 Å². The lowest BCUT2D eigenvalue weighted by atomic mass is 10.0. The summed E-state index contributed by atoms with van der Waals surface area (Å²) in [4.78, 5) is 11.4. The van der Waals surface area contributed by atoms with E-state index in [1.165, 1.54) is 0 Å². The zero-order valence-corrected chi connectivity index (χ0v) is 8.96. The molecule has 1 rings (SSSR count). The zero-order chi connectivity index (χ0) is 10.6. The van der Waals surface area contributed by atoms with E-state index < -0.39 is 0 Å². The maximum Gasteiger partial charge on any atom is 0.163 e. The Bertz CT molecular complexity index is 329. The van der Waals surface area contributed by atoms with Crippen molar-refractivity contribution in [3.8, 4) is 5.75 Å². The highest BCUT2D eigenvalue weighted by Crippen LogP contribution is 2.23. The largest absolute Gasteiger partial charge is 0.493 e. The molecule has 76 valence electrons. The summed E-state index contributed by atoms with van der Waals surface area (Å²) in [6.07, 6.45) is 0.857. The van der Waals surface area contributed by atoms with Crippen LogP contribution in [0.5, 0.6) is 5.75 Å². The van der Waals surface area contributed by atoms with Crippen molar-refractivity contribution in [2.24, 2.45) is 0 Å². The predicted octanol–water partition coefficient (Wildman–Crippen LogP) is 2.85. The molecule has 0 N–H and O–H groups in total. The van der Waals surface area contributed by atoms with Gasteiger partial charge in [0.1, 0.15) is 5.75 Å². The average Bonchev–Trinajstić information content (AvgIpc) is 2.17. The Labute approximate surface area is 84.9 Å². The minimum absolute atomic E-state index is 0.0749. The first-order valence-corrected chi connectivity index (χ1v) is 4.96. The normalized spacial score (nSPS) is 9.93. The summed E-state index contributed by atoms with van der Waals surface area (Å²) in [5.74, 6) is 0.783. The fourth-order valence-corrected chi connectivity index (χ4v) is 1.55. The second-order valence-corrected chi connectivity index (χ2v) is 3.13. The van der Waals surface area contributed by atoms with Gasteiger partial charge in [-0.1, -0.05) is 19.1 Å². The number of benzene rings is 1. The Morgan fingerprint density at radius 3 is 2.57 bits per heavy atom. The third-order valence-electron chi connectivity index (χ3n) is 2.15. The average molecular weight is 192 g/mol. The van der Waals surface area contributed by atoms with Crippen LogP contribution >= 0.6 is 0 Å². The van der Waals surface area contributed by atoms with Gasteiger partial charge in [0, 0.05) is 0 Å². The number of hydrogen-bond acceptors (Lipinski definition) is 2. The van der Waals surface area contributed by atoms with Crippen molar-refractivity contribution >= 4 is 5.78 Å². The molecule has 1 aromatic rings. The standard InChI is InChI=1S/C12H16O2/c1-4-10-7-6-8-11(14-5-2)12(10)9(3)13/h6-8H,4-5H2,1-3H3. The van der Waals surface area contributed by atoms with E-state index in [-0.39, 0.29) is 5.78 Å². The molecule has 2 nitrogen and oxygen atoms in total. The monoisotopic (exact) mass is 192 g/mol. The first-order chi connectivity index (χ1) is 6.70. The van der Waals surface area contributed by atoms with Crippen LogP contribution in [0.2, 0.25) is 0 Å². The van der Waals surface area contributed by atoms with E-state index in [1.54, 1.807) is 6.92 Å². The molecule has 2 heteroatoms. The van der Waals surface area contributed by atoms with Crippen LogP contribution in [-0.2, 0) is 6.42 Å². The van der Waals surface area contributed by atoms with E-state index in [4.69, 9.17) is 4.74 Å². The summed E-state index contributed by atoms with van der Waals surface area (Å²) >= 11 is 0. The van der Waals surface area contributed by atoms with Crippen molar-refractivity contribution in [1.82, 2.24) is 0 Å². The molecule has 0 atom stereocenters. The molecule has 0 fully saturated rings. The Morgan fingerprint density at radius 1 is 1.36 bits per heavy atom. The fraction of sp³-hybridized carbons (Fsp3) is 0.417. The topological polar surface area (TPSA) is 26.3 Å². The van der Waals surface area contributed by atoms with Gasteiger partial charge in [0.15, 0.2) is 5.78 Å². The number of Topliss-reactive ketones (excluding diaryl/α,β-unsaturated/α-hetero) is 1. The molecule has 0 saturated carbocycles. The number of carbonyl (C=O) groups excluding carboxylic acids is 1. The second-order valence-electron chi connectivity index (χ2n) is 3.13. The van der Waals surface area contributed by atoms with Gasteiger partial charge in [-0.3, -0.25) is 4.79 Å². The van der Waals surface area contributed by atoms with Gasteiger partial charge in [-0.25, -0.2) is 0 Å². The Hall–Kier alpha value is -1.31. The van der Waals surface area contributed by atoms with E-state index in [1.807, 2.05) is 32.0 Å². The van der Waals surface area contributed by atoms with Crippen LogP contribution < -0.4 is 4.74 Å². The van der Waals surface area contributed by atoms with Crippen molar-refractivity contribution in [3.05, 3.63) is 29.3 Å². The lowest BCUT2D eigenvalue weighted by Crippen LogP contribution is -2.04. The predicted molar refractivity (Wildman–Crippen MR) is 57.0 cm³/mol. The van der Waals surface area contributed by atoms with Crippen LogP contribution in [0.15, 0.2) is 18.2 Å². The molecule has 0 saturated heterocycles. The van der Waals surface area contributed by atoms with Crippen LogP contribution in [0.4, 0.5) is 0 Å². The van der Waals surface area contributed by atoms with Crippen molar-refractivity contribution in [1.29, 1.82) is 0 Å². The Morgan fingerprint density at radius 2 is 2.07 bits per heavy atom. The van der Waals surface area contributed by atoms with E-state index in [0.29, 0.717) is 12.4 Å². The summed E-state index contributed by atoms with van der Waals surface area (Å²) in [7, 11) is 0. The fourth-order valence-electron chi connectivity index (χ4n) is 1.55. The number of ketones is 1. The molecule has 0 amide bonds. The quantitative estimate of drug-likeness (QED) is 0.686. The number of carbonyl (C=O) groups is 1. The molecule has 0 unspecified atom stereocenters. The van der Waals surface area contributed by atoms with Gasteiger partial charge in [-0.05, 0) is 31.9 Å². The summed E-state index contributed by atoms with van der Waals surface area (Å²) in [5.41, 5.74) is 1.79. The van der Waals surface area contributed by atoms with E-state index >= 15 is 0 Å². The minimum Gasteiger partial charge on any atom is -0.493 e. The smallest absolute Gasteiger partial charge is 0.163 e. The van der Waals surface area contributed by atoms with Gasteiger partial charge < -0.3 is 4.74 Å². The molecule has 0 bridgehead atoms. The molecule has 0 spiro atoms. The van der Waals surface area contributed by atoms with Gasteiger partial charge in [-0.2, -0.15) is 0 Å². The van der Waals surface area contributed by atoms with Gasteiger partial charge in [0.25, 0.3) is 0 Å². The second kappa shape index (κ2) is 4.80. The van der Waals surface area contributed by atoms with Crippen LogP contribution in [0.1, 0.15) is 36.7 Å². The maximum absolute atomic E-state index is 11.4. The van der Waals surface area contributed by atoms with Crippen molar-refractivity contribution in [3.63, 3.8) is 0 Å². The minimum atomic E-state index is 0.0749. The van der Waals surface area contributed by atoms with Crippen LogP contribution in [0.3, 0.4) is 0 Å². The highest BCUT2D eigenvalue weighted by Gasteiger charge is 2.11. The van der Waals surface area contributed by atoms with Crippen LogP contribution in [-0.4, -0.2) is 12.4 Å². The maximum atomic E-state index is 11.4. The molecule has 0 aliphatic carbocycles. The first-order valence-electron chi connectivity index (χ1n) is 4.96. The number of ether oxygens (including phenoxy) is 1. The third-order valence-corrected chi connectivity index (χ3v) is 2.15. The van der Waals surface area contributed by atoms with Crippen LogP contribution in [0.25, 0.3) is 0 Å². The highest BCUT2D eigenvalue weighted by atomic mass is 16.5. The molecule has 0 heterocycles. The van der Waals surface area contributed by atoms with Gasteiger partial charge >= 0.3 is 0 Å². The van der Waals surface area contributed by atoms with Gasteiger partial charge in [-0.15, -0.1) is 0 Å². The first kappa shape index (κ1) is 10.8. The van der Waals surface area contributed by atoms with E-state index in [9.17, 15) is 4.79 Å². The van der Waals surface area contributed by atoms with Crippen molar-refractivity contribution in [2.45, 2.75) is 27.2 Å². The molecule has 0 aromatic heterocycles. The Balaban J connectivity index is 3.20. The highest BCUT2D eigenvalue weighted by molar-refractivity contribution is 5.98. The molecule has 14 heavy (non-hydrogen) atoms. The molecule has 0 radical (unpaired) electrons. The number of hydrogen-bond donors (Lipinski definition) is 0. The summed E-state index contributed by atoms with van der Waals surface area (Å²) in [6, 6.07) is 5.74. The van der Waals surface area contributed by atoms with Gasteiger partial charge in [0.05, 0.1) is 12.2 Å². The Kier molecular flexibility index (Phi) is 3.69. The van der Waals surface area contributed by atoms with Crippen molar-refractivity contribution in [2.75, 3.05) is 6.61 Å². The zero-order valence-electron chi connectivity index (χ0n) is 8.96. The third kappa shape index (κ3) is 2.13. The number of aryl methyl sites for hydroxylation is 1. The lowest BCUT2D eigenvalue weighted by molar-refractivity contribution is 0.101. The molecule has 1 aromatic carbocycles. The summed E-state index contributed by atoms with van der Waals surface area (Å²) in [6.45, 7) is 6.13. The lowest BCUT2D eigenvalue weighted by Gasteiger charge is -2.11. The van der Waals surface area contributed by atoms with E-state index in [2.05, 4.69) is 0 Å². The molecular formula is C12H16O2. The SMILES string of the molecule is CCOc1cccc(CC)c1C(C)=O. The molecule has 0 aliphatic rings. The summed E-state index contributed by atoms with van der Waals surface area (Å²) in [5, 5.41) is 0. The number of rotatable bonds is 4. The molecule has 0 aliphatic heterocycles. The molecular weight excluding hydrogens is 176 g/mol.